The third-order valence-corrected chi connectivity index (χ3v) is 5.46. The summed E-state index contributed by atoms with van der Waals surface area (Å²) in [6.07, 6.45) is 9.71. The van der Waals surface area contributed by atoms with Crippen LogP contribution in [0.5, 0.6) is 5.75 Å². The van der Waals surface area contributed by atoms with Crippen LogP contribution in [0.1, 0.15) is 49.2 Å². The molecule has 150 valence electrons. The maximum Gasteiger partial charge on any atom is 0.168 e. The first kappa shape index (κ1) is 18.4. The van der Waals surface area contributed by atoms with Crippen LogP contribution in [-0.4, -0.2) is 38.9 Å². The van der Waals surface area contributed by atoms with Gasteiger partial charge in [0.15, 0.2) is 6.10 Å². The largest absolute Gasteiger partial charge is 0.494 e. The van der Waals surface area contributed by atoms with E-state index in [1.165, 1.54) is 6.20 Å². The minimum atomic E-state index is -0.259. The lowest BCUT2D eigenvalue weighted by Crippen LogP contribution is -2.29. The number of pyridine rings is 1. The third-order valence-electron chi connectivity index (χ3n) is 5.26. The van der Waals surface area contributed by atoms with Crippen LogP contribution in [0, 0.1) is 0 Å². The lowest BCUT2D eigenvalue weighted by Gasteiger charge is -2.31. The summed E-state index contributed by atoms with van der Waals surface area (Å²) in [5, 5.41) is 5.19. The summed E-state index contributed by atoms with van der Waals surface area (Å²) in [5.74, 6) is 0.793. The zero-order valence-corrected chi connectivity index (χ0v) is 16.8. The fraction of sp³-hybridized carbons (Fsp3) is 0.381. The molecule has 3 aromatic heterocycles. The number of nitrogens with zero attached hydrogens (tertiary/aromatic N) is 4. The fourth-order valence-electron chi connectivity index (χ4n) is 3.95. The standard InChI is InChI=1S/C21H21ClN4O3/c1-2-27-13-6-7-26-16(9-13)19-14(15-10-24-18(22)11-23-15)12-29-21(20(19)25-26)17-5-3-4-8-28-17/h6-7,9-12,17,21H,2-5,8H2,1H3. The van der Waals surface area contributed by atoms with E-state index in [2.05, 4.69) is 9.97 Å². The molecule has 1 saturated heterocycles. The van der Waals surface area contributed by atoms with Crippen molar-refractivity contribution in [3.05, 3.63) is 59.1 Å². The molecule has 0 aromatic carbocycles. The predicted molar refractivity (Wildman–Crippen MR) is 108 cm³/mol. The van der Waals surface area contributed by atoms with E-state index in [9.17, 15) is 0 Å². The maximum absolute atomic E-state index is 6.15. The highest BCUT2D eigenvalue weighted by Crippen LogP contribution is 2.42. The highest BCUT2D eigenvalue weighted by atomic mass is 35.5. The Labute approximate surface area is 173 Å². The molecule has 0 bridgehead atoms. The van der Waals surface area contributed by atoms with Crippen LogP contribution in [0.2, 0.25) is 5.15 Å². The van der Waals surface area contributed by atoms with Crippen molar-refractivity contribution in [3.8, 4) is 5.75 Å². The molecule has 1 fully saturated rings. The van der Waals surface area contributed by atoms with Crippen LogP contribution in [0.3, 0.4) is 0 Å². The van der Waals surface area contributed by atoms with Gasteiger partial charge in [0, 0.05) is 30.0 Å². The molecule has 0 saturated carbocycles. The molecule has 3 aromatic rings. The summed E-state index contributed by atoms with van der Waals surface area (Å²) in [4.78, 5) is 8.62. The van der Waals surface area contributed by atoms with Crippen molar-refractivity contribution in [2.45, 2.75) is 38.4 Å². The van der Waals surface area contributed by atoms with E-state index in [0.29, 0.717) is 17.5 Å². The van der Waals surface area contributed by atoms with Gasteiger partial charge in [-0.05, 0) is 32.3 Å². The average molecular weight is 413 g/mol. The van der Waals surface area contributed by atoms with Gasteiger partial charge in [0.05, 0.1) is 36.5 Å². The van der Waals surface area contributed by atoms with E-state index in [0.717, 1.165) is 54.0 Å². The van der Waals surface area contributed by atoms with Gasteiger partial charge in [-0.1, -0.05) is 11.6 Å². The van der Waals surface area contributed by atoms with E-state index in [1.807, 2.05) is 29.8 Å². The molecule has 0 spiro atoms. The Morgan fingerprint density at radius 1 is 1.28 bits per heavy atom. The highest BCUT2D eigenvalue weighted by molar-refractivity contribution is 6.29. The number of ether oxygens (including phenoxy) is 3. The Hall–Kier alpha value is -2.64. The van der Waals surface area contributed by atoms with Gasteiger partial charge in [-0.25, -0.2) is 9.50 Å². The van der Waals surface area contributed by atoms with Gasteiger partial charge in [-0.3, -0.25) is 4.98 Å². The SMILES string of the molecule is CCOc1ccn2nc3c(c2c1)C(c1cnc(Cl)cn1)=COC3C1CCCCO1. The number of halogens is 1. The van der Waals surface area contributed by atoms with Gasteiger partial charge in [0.2, 0.25) is 0 Å². The Kier molecular flexibility index (Phi) is 4.85. The van der Waals surface area contributed by atoms with Crippen molar-refractivity contribution < 1.29 is 14.2 Å². The van der Waals surface area contributed by atoms with Gasteiger partial charge >= 0.3 is 0 Å². The van der Waals surface area contributed by atoms with Crippen molar-refractivity contribution in [3.63, 3.8) is 0 Å². The van der Waals surface area contributed by atoms with Crippen molar-refractivity contribution >= 4 is 22.7 Å². The van der Waals surface area contributed by atoms with Crippen LogP contribution in [0.15, 0.2) is 37.0 Å². The van der Waals surface area contributed by atoms with Crippen LogP contribution >= 0.6 is 11.6 Å². The molecule has 0 aliphatic carbocycles. The minimum Gasteiger partial charge on any atom is -0.494 e. The maximum atomic E-state index is 6.15. The number of hydrogen-bond acceptors (Lipinski definition) is 6. The van der Waals surface area contributed by atoms with Gasteiger partial charge in [-0.15, -0.1) is 0 Å². The van der Waals surface area contributed by atoms with E-state index >= 15 is 0 Å². The third kappa shape index (κ3) is 3.34. The van der Waals surface area contributed by atoms with Crippen LogP contribution in [0.25, 0.3) is 11.1 Å². The first-order valence-electron chi connectivity index (χ1n) is 9.85. The van der Waals surface area contributed by atoms with E-state index < -0.39 is 0 Å². The molecule has 5 heterocycles. The van der Waals surface area contributed by atoms with Gasteiger partial charge < -0.3 is 14.2 Å². The number of fused-ring (bicyclic) bond motifs is 3. The summed E-state index contributed by atoms with van der Waals surface area (Å²) in [6, 6.07) is 3.91. The lowest BCUT2D eigenvalue weighted by molar-refractivity contribution is -0.0707. The molecule has 8 heteroatoms. The molecule has 2 aliphatic heterocycles. The van der Waals surface area contributed by atoms with Crippen LogP contribution < -0.4 is 4.74 Å². The second-order valence-electron chi connectivity index (χ2n) is 7.10. The molecule has 2 atom stereocenters. The molecular weight excluding hydrogens is 392 g/mol. The van der Waals surface area contributed by atoms with Crippen molar-refractivity contribution in [2.75, 3.05) is 13.2 Å². The predicted octanol–water partition coefficient (Wildman–Crippen LogP) is 4.21. The van der Waals surface area contributed by atoms with Crippen molar-refractivity contribution in [1.29, 1.82) is 0 Å². The molecule has 2 aliphatic rings. The quantitative estimate of drug-likeness (QED) is 0.639. The average Bonchev–Trinajstić information content (AvgIpc) is 3.14. The first-order chi connectivity index (χ1) is 14.2. The first-order valence-corrected chi connectivity index (χ1v) is 10.2. The van der Waals surface area contributed by atoms with E-state index in [4.69, 9.17) is 30.9 Å². The van der Waals surface area contributed by atoms with Crippen molar-refractivity contribution in [2.24, 2.45) is 0 Å². The van der Waals surface area contributed by atoms with Gasteiger partial charge in [0.25, 0.3) is 0 Å². The molecule has 7 nitrogen and oxygen atoms in total. The fourth-order valence-corrected chi connectivity index (χ4v) is 4.05. The summed E-state index contributed by atoms with van der Waals surface area (Å²) in [7, 11) is 0. The van der Waals surface area contributed by atoms with Crippen LogP contribution in [-0.2, 0) is 9.47 Å². The highest BCUT2D eigenvalue weighted by Gasteiger charge is 2.36. The molecule has 0 amide bonds. The molecule has 2 unspecified atom stereocenters. The topological polar surface area (TPSA) is 70.8 Å². The Balaban J connectivity index is 1.66. The number of aromatic nitrogens is 4. The molecule has 0 radical (unpaired) electrons. The van der Waals surface area contributed by atoms with Crippen molar-refractivity contribution in [1.82, 2.24) is 19.6 Å². The number of rotatable bonds is 4. The molecular formula is C21H21ClN4O3. The van der Waals surface area contributed by atoms with E-state index in [-0.39, 0.29) is 12.2 Å². The summed E-state index contributed by atoms with van der Waals surface area (Å²) >= 11 is 5.93. The van der Waals surface area contributed by atoms with Crippen LogP contribution in [0.4, 0.5) is 0 Å². The Morgan fingerprint density at radius 2 is 2.21 bits per heavy atom. The summed E-state index contributed by atoms with van der Waals surface area (Å²) in [5.41, 5.74) is 4.24. The zero-order valence-electron chi connectivity index (χ0n) is 16.0. The summed E-state index contributed by atoms with van der Waals surface area (Å²) in [6.45, 7) is 3.31. The molecule has 29 heavy (non-hydrogen) atoms. The van der Waals surface area contributed by atoms with Gasteiger partial charge in [0.1, 0.15) is 22.7 Å². The molecule has 0 N–H and O–H groups in total. The normalized spacial score (nSPS) is 21.4. The second-order valence-corrected chi connectivity index (χ2v) is 7.49. The lowest BCUT2D eigenvalue weighted by atomic mass is 9.93. The monoisotopic (exact) mass is 412 g/mol. The number of hydrogen-bond donors (Lipinski definition) is 0. The smallest absolute Gasteiger partial charge is 0.168 e. The minimum absolute atomic E-state index is 0.0205. The molecule has 5 rings (SSSR count). The Bertz CT molecular complexity index is 1060. The Morgan fingerprint density at radius 3 is 2.97 bits per heavy atom. The van der Waals surface area contributed by atoms with E-state index in [1.54, 1.807) is 12.5 Å². The zero-order chi connectivity index (χ0) is 19.8. The van der Waals surface area contributed by atoms with Gasteiger partial charge in [-0.2, -0.15) is 5.10 Å². The second kappa shape index (κ2) is 7.65. The summed E-state index contributed by atoms with van der Waals surface area (Å²) < 4.78 is 19.7.